The molecule has 0 aliphatic carbocycles. The molecule has 3 aromatic rings. The molecule has 0 unspecified atom stereocenters. The number of hydrogen-bond acceptors (Lipinski definition) is 4. The molecule has 0 N–H and O–H groups in total. The van der Waals surface area contributed by atoms with E-state index in [4.69, 9.17) is 4.74 Å². The summed E-state index contributed by atoms with van der Waals surface area (Å²) >= 11 is 0. The van der Waals surface area contributed by atoms with Crippen molar-refractivity contribution in [3.63, 3.8) is 0 Å². The number of imide groups is 1. The molecule has 0 atom stereocenters. The standard InChI is InChI=1S/C25H22N2O3/c1-3-30-21-17-11-10-16-20(21)27-24(28)22(18-12-6-4-7-13-18)23(25(27)29)26(2)19-14-8-5-9-15-19/h4-17H,3H2,1-2H3. The SMILES string of the molecule is CCOc1ccccc1N1C(=O)C(c2ccccc2)=C(N(C)c2ccccc2)C1=O. The van der Waals surface area contributed by atoms with Gasteiger partial charge < -0.3 is 9.64 Å². The van der Waals surface area contributed by atoms with Crippen LogP contribution in [-0.2, 0) is 9.59 Å². The van der Waals surface area contributed by atoms with Gasteiger partial charge in [-0.2, -0.15) is 0 Å². The van der Waals surface area contributed by atoms with E-state index in [1.54, 1.807) is 30.1 Å². The largest absolute Gasteiger partial charge is 0.492 e. The highest BCUT2D eigenvalue weighted by molar-refractivity contribution is 6.46. The number of amides is 2. The van der Waals surface area contributed by atoms with E-state index in [9.17, 15) is 9.59 Å². The van der Waals surface area contributed by atoms with E-state index in [2.05, 4.69) is 0 Å². The van der Waals surface area contributed by atoms with Gasteiger partial charge in [0.2, 0.25) is 0 Å². The summed E-state index contributed by atoms with van der Waals surface area (Å²) < 4.78 is 5.69. The zero-order valence-corrected chi connectivity index (χ0v) is 16.9. The van der Waals surface area contributed by atoms with E-state index in [0.717, 1.165) is 5.69 Å². The maximum Gasteiger partial charge on any atom is 0.282 e. The number of rotatable bonds is 6. The second-order valence-corrected chi connectivity index (χ2v) is 6.83. The van der Waals surface area contributed by atoms with Gasteiger partial charge in [0, 0.05) is 12.7 Å². The summed E-state index contributed by atoms with van der Waals surface area (Å²) in [6.07, 6.45) is 0. The van der Waals surface area contributed by atoms with Crippen molar-refractivity contribution in [1.82, 2.24) is 0 Å². The summed E-state index contributed by atoms with van der Waals surface area (Å²) in [5, 5.41) is 0. The fraction of sp³-hybridized carbons (Fsp3) is 0.120. The molecule has 1 heterocycles. The van der Waals surface area contributed by atoms with Gasteiger partial charge in [-0.1, -0.05) is 60.7 Å². The van der Waals surface area contributed by atoms with E-state index in [1.807, 2.05) is 73.7 Å². The van der Waals surface area contributed by atoms with E-state index in [1.165, 1.54) is 4.90 Å². The van der Waals surface area contributed by atoms with Gasteiger partial charge in [-0.05, 0) is 36.8 Å². The number of para-hydroxylation sites is 3. The van der Waals surface area contributed by atoms with Crippen LogP contribution in [0.2, 0.25) is 0 Å². The Labute approximate surface area is 175 Å². The minimum absolute atomic E-state index is 0.337. The molecule has 0 bridgehead atoms. The lowest BCUT2D eigenvalue weighted by molar-refractivity contribution is -0.120. The Hall–Kier alpha value is -3.86. The Morgan fingerprint density at radius 1 is 0.800 bits per heavy atom. The van der Waals surface area contributed by atoms with Crippen molar-refractivity contribution in [2.45, 2.75) is 6.92 Å². The average molecular weight is 398 g/mol. The van der Waals surface area contributed by atoms with Gasteiger partial charge >= 0.3 is 0 Å². The Morgan fingerprint density at radius 3 is 2.07 bits per heavy atom. The molecule has 0 radical (unpaired) electrons. The van der Waals surface area contributed by atoms with E-state index < -0.39 is 0 Å². The Balaban J connectivity index is 1.87. The average Bonchev–Trinajstić information content (AvgIpc) is 3.05. The summed E-state index contributed by atoms with van der Waals surface area (Å²) in [5.74, 6) is -0.244. The molecule has 0 aromatic heterocycles. The molecule has 3 aromatic carbocycles. The molecule has 30 heavy (non-hydrogen) atoms. The van der Waals surface area contributed by atoms with Gasteiger partial charge in [0.1, 0.15) is 11.4 Å². The smallest absolute Gasteiger partial charge is 0.282 e. The third kappa shape index (κ3) is 3.35. The molecular formula is C25H22N2O3. The minimum Gasteiger partial charge on any atom is -0.492 e. The lowest BCUT2D eigenvalue weighted by atomic mass is 10.0. The van der Waals surface area contributed by atoms with Crippen molar-refractivity contribution in [3.05, 3.63) is 96.2 Å². The van der Waals surface area contributed by atoms with Crippen LogP contribution in [0, 0.1) is 0 Å². The summed E-state index contributed by atoms with van der Waals surface area (Å²) in [5.41, 5.74) is 2.67. The minimum atomic E-state index is -0.377. The van der Waals surface area contributed by atoms with Gasteiger partial charge in [0.05, 0.1) is 17.9 Å². The van der Waals surface area contributed by atoms with Crippen LogP contribution >= 0.6 is 0 Å². The zero-order chi connectivity index (χ0) is 21.1. The van der Waals surface area contributed by atoms with Crippen molar-refractivity contribution in [1.29, 1.82) is 0 Å². The second kappa shape index (κ2) is 8.25. The number of ether oxygens (including phenoxy) is 1. The van der Waals surface area contributed by atoms with Crippen molar-refractivity contribution in [2.24, 2.45) is 0 Å². The molecule has 1 aliphatic rings. The van der Waals surface area contributed by atoms with Crippen molar-refractivity contribution < 1.29 is 14.3 Å². The Kier molecular flexibility index (Phi) is 5.35. The van der Waals surface area contributed by atoms with Crippen LogP contribution in [-0.4, -0.2) is 25.5 Å². The van der Waals surface area contributed by atoms with Crippen LogP contribution in [0.3, 0.4) is 0 Å². The summed E-state index contributed by atoms with van der Waals surface area (Å²) in [7, 11) is 1.80. The lowest BCUT2D eigenvalue weighted by Gasteiger charge is -2.22. The monoisotopic (exact) mass is 398 g/mol. The molecule has 0 saturated carbocycles. The molecule has 5 nitrogen and oxygen atoms in total. The van der Waals surface area contributed by atoms with Crippen molar-refractivity contribution in [2.75, 3.05) is 23.5 Å². The van der Waals surface area contributed by atoms with Crippen molar-refractivity contribution >= 4 is 28.8 Å². The predicted molar refractivity (Wildman–Crippen MR) is 118 cm³/mol. The number of benzene rings is 3. The van der Waals surface area contributed by atoms with Crippen LogP contribution in [0.4, 0.5) is 11.4 Å². The number of carbonyl (C=O) groups excluding carboxylic acids is 2. The first-order valence-corrected chi connectivity index (χ1v) is 9.82. The van der Waals surface area contributed by atoms with Gasteiger partial charge in [-0.25, -0.2) is 4.90 Å². The van der Waals surface area contributed by atoms with Gasteiger partial charge in [0.25, 0.3) is 11.8 Å². The van der Waals surface area contributed by atoms with Crippen LogP contribution in [0.15, 0.2) is 90.6 Å². The van der Waals surface area contributed by atoms with Gasteiger partial charge in [0.15, 0.2) is 0 Å². The third-order valence-electron chi connectivity index (χ3n) is 5.01. The number of anilines is 2. The molecule has 4 rings (SSSR count). The highest BCUT2D eigenvalue weighted by Gasteiger charge is 2.43. The summed E-state index contributed by atoms with van der Waals surface area (Å²) in [6.45, 7) is 2.30. The zero-order valence-electron chi connectivity index (χ0n) is 16.9. The quantitative estimate of drug-likeness (QED) is 0.574. The fourth-order valence-corrected chi connectivity index (χ4v) is 3.61. The molecule has 0 saturated heterocycles. The lowest BCUT2D eigenvalue weighted by Crippen LogP contribution is -2.34. The highest BCUT2D eigenvalue weighted by atomic mass is 16.5. The maximum absolute atomic E-state index is 13.6. The normalized spacial score (nSPS) is 13.7. The third-order valence-corrected chi connectivity index (χ3v) is 5.01. The van der Waals surface area contributed by atoms with Crippen LogP contribution in [0.25, 0.3) is 5.57 Å². The maximum atomic E-state index is 13.6. The van der Waals surface area contributed by atoms with Gasteiger partial charge in [-0.15, -0.1) is 0 Å². The number of carbonyl (C=O) groups is 2. The summed E-state index contributed by atoms with van der Waals surface area (Å²) in [6, 6.07) is 25.9. The summed E-state index contributed by atoms with van der Waals surface area (Å²) in [4.78, 5) is 30.2. The molecule has 0 spiro atoms. The molecule has 1 aliphatic heterocycles. The van der Waals surface area contributed by atoms with E-state index in [0.29, 0.717) is 34.9 Å². The topological polar surface area (TPSA) is 49.9 Å². The predicted octanol–water partition coefficient (Wildman–Crippen LogP) is 4.51. The van der Waals surface area contributed by atoms with Crippen molar-refractivity contribution in [3.8, 4) is 5.75 Å². The molecule has 0 fully saturated rings. The van der Waals surface area contributed by atoms with Crippen LogP contribution in [0.1, 0.15) is 12.5 Å². The first-order chi connectivity index (χ1) is 14.6. The van der Waals surface area contributed by atoms with Crippen LogP contribution in [0.5, 0.6) is 5.75 Å². The number of likely N-dealkylation sites (N-methyl/N-ethyl adjacent to an activating group) is 1. The van der Waals surface area contributed by atoms with E-state index in [-0.39, 0.29) is 11.8 Å². The number of nitrogens with zero attached hydrogens (tertiary/aromatic N) is 2. The molecule has 2 amide bonds. The molecule has 5 heteroatoms. The van der Waals surface area contributed by atoms with Gasteiger partial charge in [-0.3, -0.25) is 9.59 Å². The highest BCUT2D eigenvalue weighted by Crippen LogP contribution is 2.39. The van der Waals surface area contributed by atoms with E-state index >= 15 is 0 Å². The molecule has 150 valence electrons. The Morgan fingerprint density at radius 2 is 1.40 bits per heavy atom. The first-order valence-electron chi connectivity index (χ1n) is 9.82. The molecular weight excluding hydrogens is 376 g/mol. The van der Waals surface area contributed by atoms with Crippen LogP contribution < -0.4 is 14.5 Å². The first kappa shape index (κ1) is 19.5. The second-order valence-electron chi connectivity index (χ2n) is 6.83. The fourth-order valence-electron chi connectivity index (χ4n) is 3.61. The Bertz CT molecular complexity index is 1110. The number of hydrogen-bond donors (Lipinski definition) is 0.